The number of hydrogen-bond acceptors (Lipinski definition) is 5. The lowest BCUT2D eigenvalue weighted by Crippen LogP contribution is -2.69. The topological polar surface area (TPSA) is 70.7 Å². The summed E-state index contributed by atoms with van der Waals surface area (Å²) in [6.07, 6.45) is 1.21. The second-order valence-corrected chi connectivity index (χ2v) is 6.81. The Hall–Kier alpha value is -1.92. The Kier molecular flexibility index (Phi) is 5.39. The van der Waals surface area contributed by atoms with Gasteiger partial charge in [-0.15, -0.1) is 0 Å². The SMILES string of the molecule is CCC1(CC)C(=O)N[C@@H]1Oc1ccc(C(=O)CN2CCNCC2)cc1. The van der Waals surface area contributed by atoms with Crippen molar-refractivity contribution in [2.45, 2.75) is 32.9 Å². The zero-order valence-electron chi connectivity index (χ0n) is 15.0. The molecule has 1 aromatic carbocycles. The van der Waals surface area contributed by atoms with E-state index in [2.05, 4.69) is 15.5 Å². The van der Waals surface area contributed by atoms with E-state index in [-0.39, 0.29) is 17.9 Å². The van der Waals surface area contributed by atoms with Crippen LogP contribution in [0.5, 0.6) is 5.75 Å². The quantitative estimate of drug-likeness (QED) is 0.578. The molecule has 1 atom stereocenters. The predicted molar refractivity (Wildman–Crippen MR) is 95.7 cm³/mol. The largest absolute Gasteiger partial charge is 0.470 e. The van der Waals surface area contributed by atoms with Crippen LogP contribution >= 0.6 is 0 Å². The van der Waals surface area contributed by atoms with Crippen molar-refractivity contribution in [1.82, 2.24) is 15.5 Å². The maximum Gasteiger partial charge on any atom is 0.234 e. The summed E-state index contributed by atoms with van der Waals surface area (Å²) in [5.41, 5.74) is 0.261. The van der Waals surface area contributed by atoms with E-state index < -0.39 is 5.41 Å². The average molecular weight is 345 g/mol. The zero-order valence-corrected chi connectivity index (χ0v) is 15.0. The van der Waals surface area contributed by atoms with E-state index in [9.17, 15) is 9.59 Å². The third-order valence-corrected chi connectivity index (χ3v) is 5.49. The van der Waals surface area contributed by atoms with E-state index in [4.69, 9.17) is 4.74 Å². The molecule has 2 N–H and O–H groups in total. The van der Waals surface area contributed by atoms with E-state index in [0.717, 1.165) is 39.0 Å². The van der Waals surface area contributed by atoms with Gasteiger partial charge in [-0.25, -0.2) is 0 Å². The van der Waals surface area contributed by atoms with Gasteiger partial charge in [-0.1, -0.05) is 13.8 Å². The summed E-state index contributed by atoms with van der Waals surface area (Å²) in [6, 6.07) is 7.23. The lowest BCUT2D eigenvalue weighted by Gasteiger charge is -2.47. The molecule has 3 rings (SSSR count). The monoisotopic (exact) mass is 345 g/mol. The van der Waals surface area contributed by atoms with Crippen LogP contribution in [0, 0.1) is 5.41 Å². The molecule has 2 aliphatic rings. The minimum Gasteiger partial charge on any atom is -0.470 e. The second kappa shape index (κ2) is 7.54. The van der Waals surface area contributed by atoms with Crippen molar-refractivity contribution in [2.24, 2.45) is 5.41 Å². The number of ether oxygens (including phenoxy) is 1. The molecule has 2 heterocycles. The molecule has 0 aliphatic carbocycles. The van der Waals surface area contributed by atoms with Crippen LogP contribution in [0.25, 0.3) is 0 Å². The molecular weight excluding hydrogens is 318 g/mol. The fraction of sp³-hybridized carbons (Fsp3) is 0.579. The summed E-state index contributed by atoms with van der Waals surface area (Å²) >= 11 is 0. The van der Waals surface area contributed by atoms with Gasteiger partial charge in [-0.05, 0) is 37.1 Å². The molecule has 0 spiro atoms. The molecule has 6 nitrogen and oxygen atoms in total. The highest BCUT2D eigenvalue weighted by molar-refractivity contribution is 5.97. The van der Waals surface area contributed by atoms with Crippen LogP contribution in [-0.2, 0) is 4.79 Å². The molecule has 1 aromatic rings. The lowest BCUT2D eigenvalue weighted by molar-refractivity contribution is -0.161. The molecule has 25 heavy (non-hydrogen) atoms. The number of hydrogen-bond donors (Lipinski definition) is 2. The molecule has 0 aromatic heterocycles. The first-order valence-electron chi connectivity index (χ1n) is 9.13. The molecule has 0 unspecified atom stereocenters. The molecule has 2 fully saturated rings. The number of β-lactam (4-membered cyclic amide) rings is 1. The summed E-state index contributed by atoms with van der Waals surface area (Å²) in [5.74, 6) is 0.863. The van der Waals surface area contributed by atoms with Gasteiger partial charge in [-0.2, -0.15) is 0 Å². The molecule has 0 bridgehead atoms. The lowest BCUT2D eigenvalue weighted by atomic mass is 9.73. The first kappa shape index (κ1) is 17.9. The summed E-state index contributed by atoms with van der Waals surface area (Å²) in [5, 5.41) is 6.12. The molecule has 0 radical (unpaired) electrons. The van der Waals surface area contributed by atoms with Gasteiger partial charge in [0.25, 0.3) is 0 Å². The van der Waals surface area contributed by atoms with Gasteiger partial charge in [0, 0.05) is 31.7 Å². The normalized spacial score (nSPS) is 22.8. The Balaban J connectivity index is 1.59. The number of ketones is 1. The second-order valence-electron chi connectivity index (χ2n) is 6.81. The number of piperazine rings is 1. The summed E-state index contributed by atoms with van der Waals surface area (Å²) < 4.78 is 5.94. The minimum atomic E-state index is -0.434. The predicted octanol–water partition coefficient (Wildman–Crippen LogP) is 1.42. The highest BCUT2D eigenvalue weighted by Crippen LogP contribution is 2.39. The number of nitrogens with one attached hydrogen (secondary N) is 2. The van der Waals surface area contributed by atoms with Gasteiger partial charge >= 0.3 is 0 Å². The van der Waals surface area contributed by atoms with Crippen molar-refractivity contribution < 1.29 is 14.3 Å². The van der Waals surface area contributed by atoms with Crippen LogP contribution in [0.1, 0.15) is 37.0 Å². The van der Waals surface area contributed by atoms with Crippen molar-refractivity contribution in [3.05, 3.63) is 29.8 Å². The molecule has 0 saturated carbocycles. The number of carbonyl (C=O) groups excluding carboxylic acids is 2. The van der Waals surface area contributed by atoms with Crippen molar-refractivity contribution in [3.63, 3.8) is 0 Å². The van der Waals surface area contributed by atoms with Crippen LogP contribution < -0.4 is 15.4 Å². The van der Waals surface area contributed by atoms with E-state index in [1.165, 1.54) is 0 Å². The van der Waals surface area contributed by atoms with Crippen LogP contribution in [0.3, 0.4) is 0 Å². The Morgan fingerprint density at radius 1 is 1.20 bits per heavy atom. The smallest absolute Gasteiger partial charge is 0.234 e. The molecule has 2 saturated heterocycles. The number of Topliss-reactive ketones (excluding diaryl/α,β-unsaturated/α-hetero) is 1. The Bertz CT molecular complexity index is 619. The zero-order chi connectivity index (χ0) is 17.9. The van der Waals surface area contributed by atoms with Crippen LogP contribution in [0.15, 0.2) is 24.3 Å². The summed E-state index contributed by atoms with van der Waals surface area (Å²) in [4.78, 5) is 26.5. The minimum absolute atomic E-state index is 0.0605. The van der Waals surface area contributed by atoms with Gasteiger partial charge in [0.2, 0.25) is 5.91 Å². The average Bonchev–Trinajstić information content (AvgIpc) is 2.64. The Labute approximate surface area is 148 Å². The third kappa shape index (κ3) is 3.55. The molecule has 6 heteroatoms. The van der Waals surface area contributed by atoms with E-state index in [0.29, 0.717) is 17.9 Å². The number of carbonyl (C=O) groups is 2. The van der Waals surface area contributed by atoms with Crippen molar-refractivity contribution in [3.8, 4) is 5.75 Å². The summed E-state index contributed by atoms with van der Waals surface area (Å²) in [7, 11) is 0. The number of nitrogens with zero attached hydrogens (tertiary/aromatic N) is 1. The maximum absolute atomic E-state index is 12.4. The summed E-state index contributed by atoms with van der Waals surface area (Å²) in [6.45, 7) is 8.16. The van der Waals surface area contributed by atoms with Gasteiger partial charge < -0.3 is 15.4 Å². The van der Waals surface area contributed by atoms with Gasteiger partial charge in [0.15, 0.2) is 12.0 Å². The van der Waals surface area contributed by atoms with Crippen molar-refractivity contribution >= 4 is 11.7 Å². The van der Waals surface area contributed by atoms with Crippen molar-refractivity contribution in [2.75, 3.05) is 32.7 Å². The van der Waals surface area contributed by atoms with Gasteiger partial charge in [0.05, 0.1) is 6.54 Å². The van der Waals surface area contributed by atoms with Crippen LogP contribution in [0.2, 0.25) is 0 Å². The van der Waals surface area contributed by atoms with E-state index in [1.54, 1.807) is 12.1 Å². The Morgan fingerprint density at radius 3 is 2.40 bits per heavy atom. The molecule has 2 aliphatic heterocycles. The maximum atomic E-state index is 12.4. The standard InChI is InChI=1S/C19H27N3O3/c1-3-19(4-2)17(24)21-18(19)25-15-7-5-14(6-8-15)16(23)13-22-11-9-20-10-12-22/h5-8,18,20H,3-4,9-13H2,1-2H3,(H,21,24)/t18-/m1/s1. The van der Waals surface area contributed by atoms with E-state index in [1.807, 2.05) is 26.0 Å². The highest BCUT2D eigenvalue weighted by atomic mass is 16.5. The van der Waals surface area contributed by atoms with Crippen molar-refractivity contribution in [1.29, 1.82) is 0 Å². The molecular formula is C19H27N3O3. The molecule has 136 valence electrons. The first-order chi connectivity index (χ1) is 12.1. The fourth-order valence-electron chi connectivity index (χ4n) is 3.55. The first-order valence-corrected chi connectivity index (χ1v) is 9.13. The van der Waals surface area contributed by atoms with Crippen LogP contribution in [-0.4, -0.2) is 55.5 Å². The highest BCUT2D eigenvalue weighted by Gasteiger charge is 2.54. The third-order valence-electron chi connectivity index (χ3n) is 5.49. The van der Waals surface area contributed by atoms with Gasteiger partial charge in [0.1, 0.15) is 11.2 Å². The molecule has 1 amide bonds. The van der Waals surface area contributed by atoms with Gasteiger partial charge in [-0.3, -0.25) is 14.5 Å². The Morgan fingerprint density at radius 2 is 1.84 bits per heavy atom. The number of benzene rings is 1. The number of rotatable bonds is 7. The number of amides is 1. The fourth-order valence-corrected chi connectivity index (χ4v) is 3.55. The van der Waals surface area contributed by atoms with E-state index >= 15 is 0 Å². The van der Waals surface area contributed by atoms with Crippen LogP contribution in [0.4, 0.5) is 0 Å².